The molecule has 0 aromatic rings. The molecule has 3 heteroatoms. The van der Waals surface area contributed by atoms with Crippen molar-refractivity contribution < 1.29 is 9.90 Å². The standard InChI is InChI=1S/C12H21NO2/c14-12(15)11-5-3-10(4-6-11)8-13-7-9-1-2-9/h9-11,13H,1-8H2,(H,14,15). The normalized spacial score (nSPS) is 31.5. The lowest BCUT2D eigenvalue weighted by Crippen LogP contribution is -2.29. The number of hydrogen-bond donors (Lipinski definition) is 2. The van der Waals surface area contributed by atoms with E-state index in [-0.39, 0.29) is 5.92 Å². The van der Waals surface area contributed by atoms with Crippen LogP contribution in [0, 0.1) is 17.8 Å². The number of hydrogen-bond acceptors (Lipinski definition) is 2. The van der Waals surface area contributed by atoms with Crippen molar-refractivity contribution in [2.75, 3.05) is 13.1 Å². The second-order valence-electron chi connectivity index (χ2n) is 5.16. The van der Waals surface area contributed by atoms with E-state index >= 15 is 0 Å². The molecule has 86 valence electrons. The van der Waals surface area contributed by atoms with E-state index in [1.165, 1.54) is 19.4 Å². The maximum atomic E-state index is 10.8. The van der Waals surface area contributed by atoms with Gasteiger partial charge in [-0.25, -0.2) is 0 Å². The van der Waals surface area contributed by atoms with Crippen LogP contribution in [0.3, 0.4) is 0 Å². The molecule has 0 unspecified atom stereocenters. The summed E-state index contributed by atoms with van der Waals surface area (Å²) in [7, 11) is 0. The summed E-state index contributed by atoms with van der Waals surface area (Å²) in [5, 5.41) is 12.4. The quantitative estimate of drug-likeness (QED) is 0.730. The van der Waals surface area contributed by atoms with Gasteiger partial charge in [0.2, 0.25) is 0 Å². The molecule has 3 nitrogen and oxygen atoms in total. The fourth-order valence-electron chi connectivity index (χ4n) is 2.43. The van der Waals surface area contributed by atoms with Crippen molar-refractivity contribution in [2.24, 2.45) is 17.8 Å². The molecule has 0 aromatic heterocycles. The zero-order chi connectivity index (χ0) is 10.7. The molecule has 15 heavy (non-hydrogen) atoms. The summed E-state index contributed by atoms with van der Waals surface area (Å²) >= 11 is 0. The first kappa shape index (κ1) is 10.9. The van der Waals surface area contributed by atoms with Crippen LogP contribution in [0.25, 0.3) is 0 Å². The maximum Gasteiger partial charge on any atom is 0.306 e. The largest absolute Gasteiger partial charge is 0.481 e. The summed E-state index contributed by atoms with van der Waals surface area (Å²) in [6.45, 7) is 2.28. The fraction of sp³-hybridized carbons (Fsp3) is 0.917. The topological polar surface area (TPSA) is 49.3 Å². The van der Waals surface area contributed by atoms with E-state index in [1.54, 1.807) is 0 Å². The zero-order valence-corrected chi connectivity index (χ0v) is 9.24. The summed E-state index contributed by atoms with van der Waals surface area (Å²) in [5.74, 6) is 1.00. The predicted molar refractivity (Wildman–Crippen MR) is 58.7 cm³/mol. The van der Waals surface area contributed by atoms with Gasteiger partial charge in [0.05, 0.1) is 5.92 Å². The van der Waals surface area contributed by atoms with Gasteiger partial charge in [0.25, 0.3) is 0 Å². The Morgan fingerprint density at radius 1 is 1.00 bits per heavy atom. The van der Waals surface area contributed by atoms with Crippen molar-refractivity contribution in [2.45, 2.75) is 38.5 Å². The SMILES string of the molecule is O=C(O)C1CCC(CNCC2CC2)CC1. The molecule has 0 saturated heterocycles. The smallest absolute Gasteiger partial charge is 0.306 e. The van der Waals surface area contributed by atoms with Crippen LogP contribution >= 0.6 is 0 Å². The highest BCUT2D eigenvalue weighted by Crippen LogP contribution is 2.30. The summed E-state index contributed by atoms with van der Waals surface area (Å²) in [5.41, 5.74) is 0. The van der Waals surface area contributed by atoms with E-state index in [2.05, 4.69) is 5.32 Å². The predicted octanol–water partition coefficient (Wildman–Crippen LogP) is 1.88. The van der Waals surface area contributed by atoms with E-state index in [4.69, 9.17) is 5.11 Å². The third-order valence-electron chi connectivity index (χ3n) is 3.76. The van der Waals surface area contributed by atoms with Gasteiger partial charge in [-0.1, -0.05) is 0 Å². The molecule has 0 radical (unpaired) electrons. The molecule has 0 atom stereocenters. The summed E-state index contributed by atoms with van der Waals surface area (Å²) < 4.78 is 0. The highest BCUT2D eigenvalue weighted by atomic mass is 16.4. The minimum atomic E-state index is -0.598. The summed E-state index contributed by atoms with van der Waals surface area (Å²) in [6, 6.07) is 0. The van der Waals surface area contributed by atoms with Crippen molar-refractivity contribution in [3.8, 4) is 0 Å². The molecule has 0 spiro atoms. The van der Waals surface area contributed by atoms with Crippen LogP contribution in [0.4, 0.5) is 0 Å². The van der Waals surface area contributed by atoms with Gasteiger partial charge in [-0.2, -0.15) is 0 Å². The highest BCUT2D eigenvalue weighted by Gasteiger charge is 2.26. The number of nitrogens with one attached hydrogen (secondary N) is 1. The van der Waals surface area contributed by atoms with Crippen LogP contribution in [-0.2, 0) is 4.79 Å². The maximum absolute atomic E-state index is 10.8. The zero-order valence-electron chi connectivity index (χ0n) is 9.24. The average molecular weight is 211 g/mol. The van der Waals surface area contributed by atoms with E-state index in [1.807, 2.05) is 0 Å². The molecule has 0 aliphatic heterocycles. The second kappa shape index (κ2) is 4.97. The lowest BCUT2D eigenvalue weighted by atomic mass is 9.82. The molecule has 2 N–H and O–H groups in total. The van der Waals surface area contributed by atoms with Gasteiger partial charge in [-0.15, -0.1) is 0 Å². The Kier molecular flexibility index (Phi) is 3.62. The Morgan fingerprint density at radius 3 is 1.87 bits per heavy atom. The van der Waals surface area contributed by atoms with Gasteiger partial charge in [-0.3, -0.25) is 4.79 Å². The van der Waals surface area contributed by atoms with Gasteiger partial charge >= 0.3 is 5.97 Å². The summed E-state index contributed by atoms with van der Waals surface area (Å²) in [4.78, 5) is 10.8. The van der Waals surface area contributed by atoms with Crippen molar-refractivity contribution in [3.63, 3.8) is 0 Å². The molecule has 2 aliphatic carbocycles. The number of carboxylic acids is 1. The molecule has 0 amide bonds. The van der Waals surface area contributed by atoms with Crippen LogP contribution in [-0.4, -0.2) is 24.2 Å². The van der Waals surface area contributed by atoms with Crippen LogP contribution in [0.1, 0.15) is 38.5 Å². The molecule has 0 bridgehead atoms. The molecule has 0 heterocycles. The van der Waals surface area contributed by atoms with Gasteiger partial charge < -0.3 is 10.4 Å². The average Bonchev–Trinajstić information content (AvgIpc) is 3.02. The minimum Gasteiger partial charge on any atom is -0.481 e. The minimum absolute atomic E-state index is 0.0651. The molecular weight excluding hydrogens is 190 g/mol. The Hall–Kier alpha value is -0.570. The number of carbonyl (C=O) groups is 1. The first-order valence-electron chi connectivity index (χ1n) is 6.19. The Bertz CT molecular complexity index is 218. The van der Waals surface area contributed by atoms with Crippen molar-refractivity contribution >= 4 is 5.97 Å². The van der Waals surface area contributed by atoms with E-state index < -0.39 is 5.97 Å². The highest BCUT2D eigenvalue weighted by molar-refractivity contribution is 5.69. The fourth-order valence-corrected chi connectivity index (χ4v) is 2.43. The lowest BCUT2D eigenvalue weighted by Gasteiger charge is -2.26. The summed E-state index contributed by atoms with van der Waals surface area (Å²) in [6.07, 6.45) is 6.75. The molecular formula is C12H21NO2. The van der Waals surface area contributed by atoms with E-state index in [0.717, 1.165) is 44.1 Å². The molecule has 0 aromatic carbocycles. The molecule has 2 rings (SSSR count). The number of aliphatic carboxylic acids is 1. The first-order chi connectivity index (χ1) is 7.25. The third kappa shape index (κ3) is 3.49. The number of rotatable bonds is 5. The van der Waals surface area contributed by atoms with Crippen LogP contribution in [0.15, 0.2) is 0 Å². The van der Waals surface area contributed by atoms with Crippen LogP contribution in [0.5, 0.6) is 0 Å². The van der Waals surface area contributed by atoms with Crippen molar-refractivity contribution in [1.82, 2.24) is 5.32 Å². The molecule has 2 aliphatic rings. The van der Waals surface area contributed by atoms with Crippen molar-refractivity contribution in [1.29, 1.82) is 0 Å². The first-order valence-corrected chi connectivity index (χ1v) is 6.19. The van der Waals surface area contributed by atoms with Crippen molar-refractivity contribution in [3.05, 3.63) is 0 Å². The van der Waals surface area contributed by atoms with Crippen LogP contribution in [0.2, 0.25) is 0 Å². The van der Waals surface area contributed by atoms with Gasteiger partial charge in [0.1, 0.15) is 0 Å². The Labute approximate surface area is 91.2 Å². The monoisotopic (exact) mass is 211 g/mol. The van der Waals surface area contributed by atoms with Gasteiger partial charge in [0.15, 0.2) is 0 Å². The van der Waals surface area contributed by atoms with Gasteiger partial charge in [0, 0.05) is 0 Å². The molecule has 2 saturated carbocycles. The third-order valence-corrected chi connectivity index (χ3v) is 3.76. The lowest BCUT2D eigenvalue weighted by molar-refractivity contribution is -0.143. The molecule has 2 fully saturated rings. The number of carboxylic acid groups (broad SMARTS) is 1. The Balaban J connectivity index is 1.58. The van der Waals surface area contributed by atoms with Gasteiger partial charge in [-0.05, 0) is 63.5 Å². The second-order valence-corrected chi connectivity index (χ2v) is 5.16. The van der Waals surface area contributed by atoms with Crippen LogP contribution < -0.4 is 5.32 Å². The Morgan fingerprint density at radius 2 is 1.47 bits per heavy atom. The van der Waals surface area contributed by atoms with E-state index in [0.29, 0.717) is 0 Å². The van der Waals surface area contributed by atoms with E-state index in [9.17, 15) is 4.79 Å².